The average molecular weight is 227 g/mol. The molecule has 1 N–H and O–H groups in total. The van der Waals surface area contributed by atoms with Gasteiger partial charge < -0.3 is 5.11 Å². The van der Waals surface area contributed by atoms with Gasteiger partial charge in [0.25, 0.3) is 0 Å². The van der Waals surface area contributed by atoms with Crippen molar-refractivity contribution in [2.75, 3.05) is 0 Å². The van der Waals surface area contributed by atoms with Crippen molar-refractivity contribution in [1.82, 2.24) is 0 Å². The molecule has 1 atom stereocenters. The summed E-state index contributed by atoms with van der Waals surface area (Å²) in [6.45, 7) is 16.5. The fourth-order valence-corrected chi connectivity index (χ4v) is 2.44. The highest BCUT2D eigenvalue weighted by Gasteiger charge is 2.47. The van der Waals surface area contributed by atoms with Crippen LogP contribution in [0.2, 0.25) is 0 Å². The van der Waals surface area contributed by atoms with Crippen molar-refractivity contribution >= 4 is 5.71 Å². The van der Waals surface area contributed by atoms with E-state index in [1.807, 2.05) is 20.8 Å². The van der Waals surface area contributed by atoms with E-state index in [4.69, 9.17) is 0 Å². The molecule has 0 aromatic rings. The minimum atomic E-state index is -0.813. The summed E-state index contributed by atoms with van der Waals surface area (Å²) in [6.07, 6.45) is 0.937. The topological polar surface area (TPSA) is 32.6 Å². The molecular weight excluding hydrogens is 198 g/mol. The first-order chi connectivity index (χ1) is 7.09. The van der Waals surface area contributed by atoms with E-state index >= 15 is 0 Å². The van der Waals surface area contributed by atoms with E-state index in [-0.39, 0.29) is 17.4 Å². The molecule has 2 heteroatoms. The molecule has 96 valence electrons. The molecule has 0 aliphatic rings. The zero-order valence-corrected chi connectivity index (χ0v) is 12.3. The van der Waals surface area contributed by atoms with Crippen molar-refractivity contribution in [2.45, 2.75) is 73.5 Å². The highest BCUT2D eigenvalue weighted by atomic mass is 16.3. The maximum Gasteiger partial charge on any atom is 0.109 e. The molecule has 0 bridgehead atoms. The Kier molecular flexibility index (Phi) is 5.18. The number of hydrogen-bond donors (Lipinski definition) is 1. The van der Waals surface area contributed by atoms with Crippen LogP contribution in [0.1, 0.15) is 61.8 Å². The van der Waals surface area contributed by atoms with Crippen LogP contribution < -0.4 is 0 Å². The van der Waals surface area contributed by atoms with Crippen LogP contribution >= 0.6 is 0 Å². The Morgan fingerprint density at radius 1 is 1.19 bits per heavy atom. The van der Waals surface area contributed by atoms with Crippen LogP contribution in [0.3, 0.4) is 0 Å². The summed E-state index contributed by atoms with van der Waals surface area (Å²) in [5.41, 5.74) is -0.0975. The van der Waals surface area contributed by atoms with Gasteiger partial charge in [0.05, 0.1) is 0 Å². The molecule has 0 heterocycles. The first-order valence-electron chi connectivity index (χ1n) is 6.36. The van der Waals surface area contributed by atoms with E-state index < -0.39 is 5.60 Å². The van der Waals surface area contributed by atoms with E-state index in [0.717, 1.165) is 12.1 Å². The van der Waals surface area contributed by atoms with Crippen LogP contribution in [-0.2, 0) is 0 Å². The maximum absolute atomic E-state index is 11.0. The first kappa shape index (κ1) is 15.6. The molecule has 0 aliphatic heterocycles. The molecule has 0 amide bonds. The van der Waals surface area contributed by atoms with Crippen LogP contribution in [-0.4, -0.2) is 22.5 Å². The number of nitrogens with zero attached hydrogens (tertiary/aromatic N) is 1. The van der Waals surface area contributed by atoms with Gasteiger partial charge >= 0.3 is 0 Å². The van der Waals surface area contributed by atoms with Gasteiger partial charge in [0, 0.05) is 11.8 Å². The Morgan fingerprint density at radius 3 is 1.88 bits per heavy atom. The second kappa shape index (κ2) is 5.31. The van der Waals surface area contributed by atoms with Crippen molar-refractivity contribution in [3.05, 3.63) is 0 Å². The van der Waals surface area contributed by atoms with Gasteiger partial charge in [0.2, 0.25) is 0 Å². The molecule has 0 aromatic heterocycles. The summed E-state index contributed by atoms with van der Waals surface area (Å²) in [4.78, 5) is 4.55. The van der Waals surface area contributed by atoms with Crippen LogP contribution in [0.4, 0.5) is 0 Å². The van der Waals surface area contributed by atoms with Gasteiger partial charge in [-0.1, -0.05) is 34.6 Å². The summed E-state index contributed by atoms with van der Waals surface area (Å²) < 4.78 is 0. The molecular formula is C14H29NO. The Hall–Kier alpha value is -0.370. The van der Waals surface area contributed by atoms with Crippen LogP contribution in [0.25, 0.3) is 0 Å². The molecule has 1 unspecified atom stereocenters. The van der Waals surface area contributed by atoms with E-state index in [2.05, 4.69) is 39.6 Å². The molecule has 0 fully saturated rings. The summed E-state index contributed by atoms with van der Waals surface area (Å²) in [5.74, 6) is 0.171. The maximum atomic E-state index is 11.0. The third kappa shape index (κ3) is 2.85. The first-order valence-corrected chi connectivity index (χ1v) is 6.36. The fraction of sp³-hybridized carbons (Fsp3) is 0.929. The van der Waals surface area contributed by atoms with Crippen molar-refractivity contribution < 1.29 is 5.11 Å². The molecule has 2 nitrogen and oxygen atoms in total. The van der Waals surface area contributed by atoms with Gasteiger partial charge in [0.1, 0.15) is 5.60 Å². The zero-order chi connectivity index (χ0) is 13.1. The van der Waals surface area contributed by atoms with E-state index in [1.165, 1.54) is 0 Å². The molecule has 0 aliphatic carbocycles. The van der Waals surface area contributed by atoms with E-state index in [1.54, 1.807) is 0 Å². The zero-order valence-electron chi connectivity index (χ0n) is 12.3. The van der Waals surface area contributed by atoms with Crippen molar-refractivity contribution in [3.63, 3.8) is 0 Å². The SMILES string of the molecule is CCC(C)(C)C(O)(/C(C)=N/C(C)C)C(C)C. The summed E-state index contributed by atoms with van der Waals surface area (Å²) in [5, 5.41) is 11.0. The van der Waals surface area contributed by atoms with Crippen molar-refractivity contribution in [2.24, 2.45) is 16.3 Å². The summed E-state index contributed by atoms with van der Waals surface area (Å²) in [6, 6.07) is 0.234. The minimum Gasteiger partial charge on any atom is -0.383 e. The lowest BCUT2D eigenvalue weighted by molar-refractivity contribution is -0.0455. The van der Waals surface area contributed by atoms with Crippen LogP contribution in [0, 0.1) is 11.3 Å². The van der Waals surface area contributed by atoms with Gasteiger partial charge in [-0.2, -0.15) is 0 Å². The Morgan fingerprint density at radius 2 is 1.62 bits per heavy atom. The number of rotatable bonds is 5. The standard InChI is InChI=1S/C14H29NO/c1-9-13(7,8)14(16,10(2)3)12(6)15-11(4)5/h10-11,16H,9H2,1-8H3/b15-12+. The minimum absolute atomic E-state index is 0.149. The fourth-order valence-electron chi connectivity index (χ4n) is 2.44. The highest BCUT2D eigenvalue weighted by molar-refractivity contribution is 5.91. The lowest BCUT2D eigenvalue weighted by Crippen LogP contribution is -2.54. The van der Waals surface area contributed by atoms with Crippen LogP contribution in [0.5, 0.6) is 0 Å². The second-order valence-electron chi connectivity index (χ2n) is 5.97. The number of hydrogen-bond acceptors (Lipinski definition) is 2. The molecule has 0 spiro atoms. The predicted octanol–water partition coefficient (Wildman–Crippen LogP) is 3.68. The average Bonchev–Trinajstić information content (AvgIpc) is 2.14. The molecule has 16 heavy (non-hydrogen) atoms. The third-order valence-electron chi connectivity index (χ3n) is 3.75. The largest absolute Gasteiger partial charge is 0.383 e. The van der Waals surface area contributed by atoms with Gasteiger partial charge in [0.15, 0.2) is 0 Å². The number of aliphatic imine (C=N–C) groups is 1. The smallest absolute Gasteiger partial charge is 0.109 e. The van der Waals surface area contributed by atoms with Crippen molar-refractivity contribution in [3.8, 4) is 0 Å². The molecule has 0 rings (SSSR count). The Balaban J connectivity index is 5.45. The van der Waals surface area contributed by atoms with Gasteiger partial charge in [-0.05, 0) is 38.5 Å². The monoisotopic (exact) mass is 227 g/mol. The molecule has 0 radical (unpaired) electrons. The molecule has 0 aromatic carbocycles. The summed E-state index contributed by atoms with van der Waals surface area (Å²) >= 11 is 0. The lowest BCUT2D eigenvalue weighted by Gasteiger charge is -2.45. The van der Waals surface area contributed by atoms with Crippen LogP contribution in [0.15, 0.2) is 4.99 Å². The molecule has 0 saturated carbocycles. The van der Waals surface area contributed by atoms with E-state index in [0.29, 0.717) is 0 Å². The van der Waals surface area contributed by atoms with Gasteiger partial charge in [-0.3, -0.25) is 4.99 Å². The normalized spacial score (nSPS) is 18.1. The third-order valence-corrected chi connectivity index (χ3v) is 3.75. The van der Waals surface area contributed by atoms with Gasteiger partial charge in [-0.25, -0.2) is 0 Å². The number of aliphatic hydroxyl groups is 1. The summed E-state index contributed by atoms with van der Waals surface area (Å²) in [7, 11) is 0. The quantitative estimate of drug-likeness (QED) is 0.714. The van der Waals surface area contributed by atoms with E-state index in [9.17, 15) is 5.11 Å². The lowest BCUT2D eigenvalue weighted by atomic mass is 9.65. The molecule has 0 saturated heterocycles. The second-order valence-corrected chi connectivity index (χ2v) is 5.97. The predicted molar refractivity (Wildman–Crippen MR) is 72.1 cm³/mol. The van der Waals surface area contributed by atoms with Crippen molar-refractivity contribution in [1.29, 1.82) is 0 Å². The van der Waals surface area contributed by atoms with Gasteiger partial charge in [-0.15, -0.1) is 0 Å². The Bertz CT molecular complexity index is 253. The highest BCUT2D eigenvalue weighted by Crippen LogP contribution is 2.40. The Labute approximate surface area is 101 Å².